The summed E-state index contributed by atoms with van der Waals surface area (Å²) in [6.07, 6.45) is 13.9. The number of hydrogen-bond acceptors (Lipinski definition) is 3. The molecule has 144 valence electrons. The van der Waals surface area contributed by atoms with Gasteiger partial charge in [0.25, 0.3) is 0 Å². The lowest BCUT2D eigenvalue weighted by Gasteiger charge is -2.29. The number of allylic oxidation sites excluding steroid dienone is 1. The third-order valence-corrected chi connectivity index (χ3v) is 7.51. The summed E-state index contributed by atoms with van der Waals surface area (Å²) in [7, 11) is -2.49. The summed E-state index contributed by atoms with van der Waals surface area (Å²) in [4.78, 5) is 0. The summed E-state index contributed by atoms with van der Waals surface area (Å²) in [5.74, 6) is 0.550. The molecule has 0 amide bonds. The molecule has 0 aliphatic heterocycles. The molecule has 0 fully saturated rings. The molecule has 0 N–H and O–H groups in total. The van der Waals surface area contributed by atoms with E-state index in [-0.39, 0.29) is 0 Å². The van der Waals surface area contributed by atoms with E-state index in [9.17, 15) is 0 Å². The van der Waals surface area contributed by atoms with Gasteiger partial charge in [-0.1, -0.05) is 57.9 Å². The quantitative estimate of drug-likeness (QED) is 0.162. The van der Waals surface area contributed by atoms with Crippen LogP contribution in [0.1, 0.15) is 85.5 Å². The zero-order valence-electron chi connectivity index (χ0n) is 16.8. The molecule has 0 aliphatic carbocycles. The van der Waals surface area contributed by atoms with E-state index >= 15 is 0 Å². The van der Waals surface area contributed by atoms with Crippen LogP contribution in [-0.4, -0.2) is 28.6 Å². The molecular formula is C20H42O3Si. The maximum absolute atomic E-state index is 5.95. The summed E-state index contributed by atoms with van der Waals surface area (Å²) in [6.45, 7) is 14.3. The summed E-state index contributed by atoms with van der Waals surface area (Å²) in [5.41, 5.74) is 0. The highest BCUT2D eigenvalue weighted by Gasteiger charge is 2.40. The fraction of sp³-hybridized carbons (Fsp3) is 0.900. The minimum Gasteiger partial charge on any atom is -0.374 e. The summed E-state index contributed by atoms with van der Waals surface area (Å²) < 4.78 is 17.8. The van der Waals surface area contributed by atoms with Crippen molar-refractivity contribution in [2.45, 2.75) is 91.5 Å². The monoisotopic (exact) mass is 358 g/mol. The van der Waals surface area contributed by atoms with Gasteiger partial charge in [-0.3, -0.25) is 0 Å². The average Bonchev–Trinajstić information content (AvgIpc) is 2.57. The van der Waals surface area contributed by atoms with Crippen molar-refractivity contribution in [1.29, 1.82) is 0 Å². The molecule has 0 rings (SSSR count). The molecule has 0 aromatic carbocycles. The minimum atomic E-state index is -2.49. The molecule has 0 aromatic rings. The second-order valence-electron chi connectivity index (χ2n) is 6.43. The van der Waals surface area contributed by atoms with Gasteiger partial charge in [0.15, 0.2) is 0 Å². The molecule has 0 aliphatic rings. The van der Waals surface area contributed by atoms with Crippen LogP contribution in [0.3, 0.4) is 0 Å². The van der Waals surface area contributed by atoms with Crippen LogP contribution in [0.5, 0.6) is 0 Å². The van der Waals surface area contributed by atoms with Crippen molar-refractivity contribution in [1.82, 2.24) is 0 Å². The van der Waals surface area contributed by atoms with E-state index in [0.717, 1.165) is 12.5 Å². The molecule has 3 nitrogen and oxygen atoms in total. The maximum Gasteiger partial charge on any atom is 0.500 e. The van der Waals surface area contributed by atoms with Gasteiger partial charge in [0.2, 0.25) is 0 Å². The lowest BCUT2D eigenvalue weighted by molar-refractivity contribution is 0.0699. The Kier molecular flexibility index (Phi) is 16.2. The first-order valence-corrected chi connectivity index (χ1v) is 12.2. The standard InChI is InChI=1S/C20H42O3Si/c1-6-11-12-13-14-15-16-17-20(7-2)18-19-24(21-8-3,22-9-4)23-10-5/h7,20H,2,6,8-19H2,1,3-5H3. The molecule has 0 radical (unpaired) electrons. The first-order chi connectivity index (χ1) is 11.7. The number of unbranched alkanes of at least 4 members (excludes halogenated alkanes) is 6. The zero-order chi connectivity index (χ0) is 18.1. The largest absolute Gasteiger partial charge is 0.500 e. The highest BCUT2D eigenvalue weighted by molar-refractivity contribution is 6.60. The fourth-order valence-electron chi connectivity index (χ4n) is 3.11. The highest BCUT2D eigenvalue weighted by atomic mass is 28.4. The van der Waals surface area contributed by atoms with Crippen LogP contribution in [0.25, 0.3) is 0 Å². The maximum atomic E-state index is 5.95. The molecule has 24 heavy (non-hydrogen) atoms. The van der Waals surface area contributed by atoms with Crippen LogP contribution in [0.2, 0.25) is 6.04 Å². The molecule has 0 heterocycles. The van der Waals surface area contributed by atoms with Gasteiger partial charge in [-0.2, -0.15) is 0 Å². The summed E-state index contributed by atoms with van der Waals surface area (Å²) in [6, 6.07) is 0.899. The summed E-state index contributed by atoms with van der Waals surface area (Å²) >= 11 is 0. The minimum absolute atomic E-state index is 0.550. The highest BCUT2D eigenvalue weighted by Crippen LogP contribution is 2.25. The normalized spacial score (nSPS) is 13.2. The van der Waals surface area contributed by atoms with Crippen molar-refractivity contribution in [3.8, 4) is 0 Å². The van der Waals surface area contributed by atoms with E-state index in [1.807, 2.05) is 20.8 Å². The van der Waals surface area contributed by atoms with Gasteiger partial charge >= 0.3 is 8.80 Å². The Labute approximate surface area is 152 Å². The van der Waals surface area contributed by atoms with Crippen molar-refractivity contribution in [3.05, 3.63) is 12.7 Å². The Morgan fingerprint density at radius 2 is 1.25 bits per heavy atom. The van der Waals surface area contributed by atoms with Crippen molar-refractivity contribution in [2.24, 2.45) is 5.92 Å². The SMILES string of the molecule is C=CC(CCCCCCCCC)CC[Si](OCC)(OCC)OCC. The third kappa shape index (κ3) is 11.4. The molecule has 0 aromatic heterocycles. The Morgan fingerprint density at radius 3 is 1.71 bits per heavy atom. The van der Waals surface area contributed by atoms with Crippen LogP contribution in [0, 0.1) is 5.92 Å². The van der Waals surface area contributed by atoms with E-state index in [2.05, 4.69) is 19.6 Å². The van der Waals surface area contributed by atoms with E-state index in [0.29, 0.717) is 25.7 Å². The Morgan fingerprint density at radius 1 is 0.750 bits per heavy atom. The van der Waals surface area contributed by atoms with E-state index in [1.54, 1.807) is 0 Å². The molecule has 0 spiro atoms. The Bertz CT molecular complexity index is 267. The van der Waals surface area contributed by atoms with Gasteiger partial charge in [0, 0.05) is 25.9 Å². The van der Waals surface area contributed by atoms with Crippen molar-refractivity contribution >= 4 is 8.80 Å². The van der Waals surface area contributed by atoms with Gasteiger partial charge < -0.3 is 13.3 Å². The average molecular weight is 359 g/mol. The topological polar surface area (TPSA) is 27.7 Å². The third-order valence-electron chi connectivity index (χ3n) is 4.43. The molecule has 4 heteroatoms. The lowest BCUT2D eigenvalue weighted by atomic mass is 9.98. The van der Waals surface area contributed by atoms with Gasteiger partial charge in [-0.25, -0.2) is 0 Å². The van der Waals surface area contributed by atoms with Crippen LogP contribution in [0.15, 0.2) is 12.7 Å². The summed E-state index contributed by atoms with van der Waals surface area (Å²) in [5, 5.41) is 0. The lowest BCUT2D eigenvalue weighted by Crippen LogP contribution is -2.46. The predicted octanol–water partition coefficient (Wildman–Crippen LogP) is 6.37. The number of hydrogen-bond donors (Lipinski definition) is 0. The van der Waals surface area contributed by atoms with Crippen LogP contribution in [0.4, 0.5) is 0 Å². The Hall–Kier alpha value is -0.163. The van der Waals surface area contributed by atoms with Crippen molar-refractivity contribution < 1.29 is 13.3 Å². The van der Waals surface area contributed by atoms with Crippen LogP contribution < -0.4 is 0 Å². The Balaban J connectivity index is 4.15. The molecule has 1 atom stereocenters. The van der Waals surface area contributed by atoms with E-state index in [1.165, 1.54) is 51.4 Å². The first kappa shape index (κ1) is 23.8. The molecule has 1 unspecified atom stereocenters. The van der Waals surface area contributed by atoms with Gasteiger partial charge in [-0.05, 0) is 39.5 Å². The van der Waals surface area contributed by atoms with E-state index < -0.39 is 8.80 Å². The van der Waals surface area contributed by atoms with Gasteiger partial charge in [-0.15, -0.1) is 6.58 Å². The predicted molar refractivity (Wildman–Crippen MR) is 106 cm³/mol. The zero-order valence-corrected chi connectivity index (χ0v) is 17.8. The van der Waals surface area contributed by atoms with E-state index in [4.69, 9.17) is 13.3 Å². The number of rotatable bonds is 18. The van der Waals surface area contributed by atoms with Gasteiger partial charge in [0.1, 0.15) is 0 Å². The fourth-order valence-corrected chi connectivity index (χ4v) is 5.83. The van der Waals surface area contributed by atoms with Crippen LogP contribution in [-0.2, 0) is 13.3 Å². The molecule has 0 bridgehead atoms. The van der Waals surface area contributed by atoms with Crippen molar-refractivity contribution in [3.63, 3.8) is 0 Å². The van der Waals surface area contributed by atoms with Gasteiger partial charge in [0.05, 0.1) is 0 Å². The first-order valence-electron chi connectivity index (χ1n) is 10.2. The molecule has 0 saturated heterocycles. The van der Waals surface area contributed by atoms with Crippen LogP contribution >= 0.6 is 0 Å². The van der Waals surface area contributed by atoms with Crippen molar-refractivity contribution in [2.75, 3.05) is 19.8 Å². The molecule has 0 saturated carbocycles. The second kappa shape index (κ2) is 16.3. The molecular weight excluding hydrogens is 316 g/mol. The second-order valence-corrected chi connectivity index (χ2v) is 9.16. The smallest absolute Gasteiger partial charge is 0.374 e.